The Morgan fingerprint density at radius 3 is 2.94 bits per heavy atom. The lowest BCUT2D eigenvalue weighted by Crippen LogP contribution is -2.42. The number of piperazine rings is 1. The molecule has 3 rings (SSSR count). The van der Waals surface area contributed by atoms with Crippen LogP contribution in [0.3, 0.4) is 0 Å². The van der Waals surface area contributed by atoms with E-state index < -0.39 is 0 Å². The molecule has 0 aliphatic carbocycles. The summed E-state index contributed by atoms with van der Waals surface area (Å²) in [7, 11) is 0. The van der Waals surface area contributed by atoms with E-state index in [0.717, 1.165) is 44.4 Å². The summed E-state index contributed by atoms with van der Waals surface area (Å²) < 4.78 is 7.51. The predicted molar refractivity (Wildman–Crippen MR) is 64.0 cm³/mol. The van der Waals surface area contributed by atoms with Gasteiger partial charge in [-0.15, -0.1) is 0 Å². The topological polar surface area (TPSA) is 46.2 Å². The average molecular weight is 232 g/mol. The SMILES string of the molecule is c1cnn(-c2ccc(CN3CCNCC3)o2)c1. The minimum atomic E-state index is 0.778. The first kappa shape index (κ1) is 10.6. The second kappa shape index (κ2) is 4.73. The monoisotopic (exact) mass is 232 g/mol. The summed E-state index contributed by atoms with van der Waals surface area (Å²) in [5.74, 6) is 1.78. The van der Waals surface area contributed by atoms with Gasteiger partial charge in [-0.05, 0) is 12.1 Å². The van der Waals surface area contributed by atoms with Crippen LogP contribution in [-0.2, 0) is 6.54 Å². The molecule has 5 heteroatoms. The maximum Gasteiger partial charge on any atom is 0.220 e. The zero-order chi connectivity index (χ0) is 11.5. The van der Waals surface area contributed by atoms with Crippen molar-refractivity contribution in [2.24, 2.45) is 0 Å². The maximum atomic E-state index is 5.77. The lowest BCUT2D eigenvalue weighted by molar-refractivity contribution is 0.215. The first-order chi connectivity index (χ1) is 8.42. The normalized spacial score (nSPS) is 17.4. The fourth-order valence-corrected chi connectivity index (χ4v) is 2.06. The molecule has 0 spiro atoms. The van der Waals surface area contributed by atoms with Crippen LogP contribution in [0.1, 0.15) is 5.76 Å². The highest BCUT2D eigenvalue weighted by Crippen LogP contribution is 2.14. The first-order valence-electron chi connectivity index (χ1n) is 5.93. The highest BCUT2D eigenvalue weighted by atomic mass is 16.4. The van der Waals surface area contributed by atoms with Crippen LogP contribution in [0.25, 0.3) is 5.88 Å². The summed E-state index contributed by atoms with van der Waals surface area (Å²) >= 11 is 0. The molecule has 1 aliphatic rings. The van der Waals surface area contributed by atoms with Gasteiger partial charge >= 0.3 is 0 Å². The van der Waals surface area contributed by atoms with Gasteiger partial charge in [-0.25, -0.2) is 4.68 Å². The zero-order valence-electron chi connectivity index (χ0n) is 9.67. The number of hydrogen-bond acceptors (Lipinski definition) is 4. The Hall–Kier alpha value is -1.59. The van der Waals surface area contributed by atoms with Crippen molar-refractivity contribution >= 4 is 0 Å². The van der Waals surface area contributed by atoms with Crippen LogP contribution in [0, 0.1) is 0 Å². The van der Waals surface area contributed by atoms with Gasteiger partial charge in [0.25, 0.3) is 0 Å². The second-order valence-corrected chi connectivity index (χ2v) is 4.22. The van der Waals surface area contributed by atoms with Crippen LogP contribution >= 0.6 is 0 Å². The van der Waals surface area contributed by atoms with E-state index in [2.05, 4.69) is 15.3 Å². The van der Waals surface area contributed by atoms with Gasteiger partial charge in [-0.2, -0.15) is 5.10 Å². The van der Waals surface area contributed by atoms with Crippen LogP contribution in [0.15, 0.2) is 35.0 Å². The molecular weight excluding hydrogens is 216 g/mol. The van der Waals surface area contributed by atoms with Gasteiger partial charge in [0.05, 0.1) is 6.54 Å². The van der Waals surface area contributed by atoms with Crippen LogP contribution in [0.4, 0.5) is 0 Å². The maximum absolute atomic E-state index is 5.77. The molecule has 5 nitrogen and oxygen atoms in total. The van der Waals surface area contributed by atoms with E-state index in [-0.39, 0.29) is 0 Å². The molecule has 0 bridgehead atoms. The Labute approximate surface area is 100 Å². The number of furan rings is 1. The summed E-state index contributed by atoms with van der Waals surface area (Å²) in [6.45, 7) is 5.16. The average Bonchev–Trinajstić information content (AvgIpc) is 3.00. The molecule has 1 fully saturated rings. The van der Waals surface area contributed by atoms with Gasteiger partial charge in [-0.3, -0.25) is 4.90 Å². The minimum absolute atomic E-state index is 0.778. The van der Waals surface area contributed by atoms with Gasteiger partial charge in [0.1, 0.15) is 5.76 Å². The van der Waals surface area contributed by atoms with Crippen molar-refractivity contribution in [3.05, 3.63) is 36.4 Å². The molecule has 1 aliphatic heterocycles. The second-order valence-electron chi connectivity index (χ2n) is 4.22. The molecule has 3 heterocycles. The smallest absolute Gasteiger partial charge is 0.220 e. The molecule has 2 aromatic rings. The van der Waals surface area contributed by atoms with E-state index in [1.807, 2.05) is 24.4 Å². The Kier molecular flexibility index (Phi) is 2.94. The van der Waals surface area contributed by atoms with E-state index in [1.54, 1.807) is 10.9 Å². The molecule has 90 valence electrons. The summed E-state index contributed by atoms with van der Waals surface area (Å²) in [4.78, 5) is 2.39. The molecule has 0 saturated carbocycles. The summed E-state index contributed by atoms with van der Waals surface area (Å²) in [5.41, 5.74) is 0. The van der Waals surface area contributed by atoms with Gasteiger partial charge in [0, 0.05) is 44.6 Å². The first-order valence-corrected chi connectivity index (χ1v) is 5.93. The van der Waals surface area contributed by atoms with Crippen molar-refractivity contribution in [1.82, 2.24) is 20.0 Å². The van der Waals surface area contributed by atoms with E-state index >= 15 is 0 Å². The van der Waals surface area contributed by atoms with Crippen molar-refractivity contribution in [3.63, 3.8) is 0 Å². The van der Waals surface area contributed by atoms with Gasteiger partial charge < -0.3 is 9.73 Å². The number of nitrogens with zero attached hydrogens (tertiary/aromatic N) is 3. The van der Waals surface area contributed by atoms with E-state index in [0.29, 0.717) is 0 Å². The highest BCUT2D eigenvalue weighted by Gasteiger charge is 2.12. The Morgan fingerprint density at radius 1 is 1.29 bits per heavy atom. The van der Waals surface area contributed by atoms with Crippen LogP contribution in [0.5, 0.6) is 0 Å². The molecule has 1 saturated heterocycles. The Bertz CT molecular complexity index is 457. The molecule has 2 aromatic heterocycles. The van der Waals surface area contributed by atoms with Crippen molar-refractivity contribution in [2.45, 2.75) is 6.54 Å². The third kappa shape index (κ3) is 2.40. The van der Waals surface area contributed by atoms with Gasteiger partial charge in [0.15, 0.2) is 0 Å². The number of hydrogen-bond donors (Lipinski definition) is 1. The standard InChI is InChI=1S/C12H16N4O/c1-4-14-16(7-1)12-3-2-11(17-12)10-15-8-5-13-6-9-15/h1-4,7,13H,5-6,8-10H2. The highest BCUT2D eigenvalue weighted by molar-refractivity contribution is 5.20. The number of rotatable bonds is 3. The minimum Gasteiger partial charge on any atom is -0.442 e. The van der Waals surface area contributed by atoms with Crippen LogP contribution < -0.4 is 5.32 Å². The lowest BCUT2D eigenvalue weighted by Gasteiger charge is -2.26. The quantitative estimate of drug-likeness (QED) is 0.853. The summed E-state index contributed by atoms with van der Waals surface area (Å²) in [5, 5.41) is 7.49. The number of aromatic nitrogens is 2. The summed E-state index contributed by atoms with van der Waals surface area (Å²) in [6.07, 6.45) is 3.63. The molecule has 1 N–H and O–H groups in total. The summed E-state index contributed by atoms with van der Waals surface area (Å²) in [6, 6.07) is 5.88. The lowest BCUT2D eigenvalue weighted by atomic mass is 10.3. The van der Waals surface area contributed by atoms with Crippen LogP contribution in [-0.4, -0.2) is 40.9 Å². The third-order valence-corrected chi connectivity index (χ3v) is 2.97. The van der Waals surface area contributed by atoms with E-state index in [4.69, 9.17) is 4.42 Å². The largest absolute Gasteiger partial charge is 0.442 e. The predicted octanol–water partition coefficient (Wildman–Crippen LogP) is 0.870. The fraction of sp³-hybridized carbons (Fsp3) is 0.417. The molecule has 0 radical (unpaired) electrons. The molecule has 0 unspecified atom stereocenters. The Balaban J connectivity index is 1.68. The van der Waals surface area contributed by atoms with Crippen molar-refractivity contribution < 1.29 is 4.42 Å². The van der Waals surface area contributed by atoms with Crippen molar-refractivity contribution in [1.29, 1.82) is 0 Å². The molecule has 0 atom stereocenters. The molecule has 0 aromatic carbocycles. The number of nitrogens with one attached hydrogen (secondary N) is 1. The van der Waals surface area contributed by atoms with Gasteiger partial charge in [-0.1, -0.05) is 0 Å². The van der Waals surface area contributed by atoms with Crippen molar-refractivity contribution in [3.8, 4) is 5.88 Å². The molecular formula is C12H16N4O. The van der Waals surface area contributed by atoms with Crippen LogP contribution in [0.2, 0.25) is 0 Å². The van der Waals surface area contributed by atoms with E-state index in [9.17, 15) is 0 Å². The Morgan fingerprint density at radius 2 is 2.18 bits per heavy atom. The van der Waals surface area contributed by atoms with E-state index in [1.165, 1.54) is 0 Å². The zero-order valence-corrected chi connectivity index (χ0v) is 9.67. The molecule has 17 heavy (non-hydrogen) atoms. The van der Waals surface area contributed by atoms with Gasteiger partial charge in [0.2, 0.25) is 5.88 Å². The molecule has 0 amide bonds. The van der Waals surface area contributed by atoms with Crippen molar-refractivity contribution in [2.75, 3.05) is 26.2 Å². The fourth-order valence-electron chi connectivity index (χ4n) is 2.06. The third-order valence-electron chi connectivity index (χ3n) is 2.97.